The van der Waals surface area contributed by atoms with E-state index in [1.54, 1.807) is 0 Å². The molecule has 0 saturated heterocycles. The molecule has 9 heteroatoms. The van der Waals surface area contributed by atoms with Crippen LogP contribution < -0.4 is 14.8 Å². The highest BCUT2D eigenvalue weighted by Gasteiger charge is 2.37. The molecule has 2 aromatic carbocycles. The van der Waals surface area contributed by atoms with E-state index >= 15 is 0 Å². The van der Waals surface area contributed by atoms with Crippen molar-refractivity contribution in [2.75, 3.05) is 19.0 Å². The van der Waals surface area contributed by atoms with Crippen molar-refractivity contribution >= 4 is 28.7 Å². The second kappa shape index (κ2) is 8.03. The minimum Gasteiger partial charge on any atom is -0.486 e. The third kappa shape index (κ3) is 3.94. The molecule has 0 spiro atoms. The Bertz CT molecular complexity index is 1110. The summed E-state index contributed by atoms with van der Waals surface area (Å²) >= 11 is 1.20. The summed E-state index contributed by atoms with van der Waals surface area (Å²) in [6.07, 6.45) is 3.77. The highest BCUT2D eigenvalue weighted by Crippen LogP contribution is 2.42. The fourth-order valence-corrected chi connectivity index (χ4v) is 4.98. The number of aromatic amines is 1. The molecule has 0 bridgehead atoms. The number of thioether (sulfide) groups is 1. The first-order valence-corrected chi connectivity index (χ1v) is 11.2. The van der Waals surface area contributed by atoms with Crippen LogP contribution in [-0.4, -0.2) is 34.8 Å². The van der Waals surface area contributed by atoms with Gasteiger partial charge < -0.3 is 19.8 Å². The molecule has 0 radical (unpaired) electrons. The number of nitrogens with one attached hydrogen (secondary N) is 2. The van der Waals surface area contributed by atoms with Crippen molar-refractivity contribution in [3.8, 4) is 11.5 Å². The van der Waals surface area contributed by atoms with E-state index in [1.807, 2.05) is 18.2 Å². The number of hydrogen-bond donors (Lipinski definition) is 2. The number of halogens is 2. The molecule has 1 amide bonds. The highest BCUT2D eigenvalue weighted by atomic mass is 32.2. The SMILES string of the molecule is O=C(CSc1nc2cc(F)c(F)cc2[nH]1)NC1(c2ccc3c(c2)OCCO3)CCCC1. The van der Waals surface area contributed by atoms with Crippen LogP contribution in [0.1, 0.15) is 31.2 Å². The van der Waals surface area contributed by atoms with Crippen LogP contribution in [0.5, 0.6) is 11.5 Å². The number of rotatable bonds is 5. The summed E-state index contributed by atoms with van der Waals surface area (Å²) in [5.41, 5.74) is 1.30. The number of carbonyl (C=O) groups is 1. The van der Waals surface area contributed by atoms with Gasteiger partial charge >= 0.3 is 0 Å². The Kier molecular flexibility index (Phi) is 5.21. The zero-order chi connectivity index (χ0) is 21.4. The van der Waals surface area contributed by atoms with E-state index in [2.05, 4.69) is 15.3 Å². The van der Waals surface area contributed by atoms with Crippen molar-refractivity contribution in [2.24, 2.45) is 0 Å². The van der Waals surface area contributed by atoms with Crippen molar-refractivity contribution in [2.45, 2.75) is 36.4 Å². The Hall–Kier alpha value is -2.81. The molecule has 1 aliphatic carbocycles. The summed E-state index contributed by atoms with van der Waals surface area (Å²) in [5.74, 6) is -0.441. The molecule has 162 valence electrons. The molecule has 3 aromatic rings. The van der Waals surface area contributed by atoms with Crippen LogP contribution >= 0.6 is 11.8 Å². The number of imidazole rings is 1. The topological polar surface area (TPSA) is 76.2 Å². The average Bonchev–Trinajstić information content (AvgIpc) is 3.40. The Labute approximate surface area is 181 Å². The lowest BCUT2D eigenvalue weighted by Gasteiger charge is -2.32. The van der Waals surface area contributed by atoms with Gasteiger partial charge in [-0.05, 0) is 30.5 Å². The minimum absolute atomic E-state index is 0.125. The first-order chi connectivity index (χ1) is 15.0. The molecular weight excluding hydrogens is 424 g/mol. The van der Waals surface area contributed by atoms with Crippen molar-refractivity contribution < 1.29 is 23.0 Å². The maximum atomic E-state index is 13.4. The molecule has 1 aliphatic heterocycles. The number of fused-ring (bicyclic) bond motifs is 2. The number of ether oxygens (including phenoxy) is 2. The molecule has 1 saturated carbocycles. The molecule has 1 fully saturated rings. The van der Waals surface area contributed by atoms with Gasteiger partial charge in [0.15, 0.2) is 28.3 Å². The standard InChI is InChI=1S/C22H21F2N3O3S/c23-14-10-16-17(11-15(14)24)26-21(25-16)31-12-20(28)27-22(5-1-2-6-22)13-3-4-18-19(9-13)30-8-7-29-18/h3-4,9-11H,1-2,5-8,12H2,(H,25,26)(H,27,28). The van der Waals surface area contributed by atoms with Gasteiger partial charge in [-0.1, -0.05) is 30.7 Å². The van der Waals surface area contributed by atoms with E-state index < -0.39 is 17.2 Å². The van der Waals surface area contributed by atoms with Gasteiger partial charge in [0.1, 0.15) is 13.2 Å². The minimum atomic E-state index is -0.948. The van der Waals surface area contributed by atoms with Gasteiger partial charge in [-0.2, -0.15) is 0 Å². The summed E-state index contributed by atoms with van der Waals surface area (Å²) in [6.45, 7) is 1.05. The number of nitrogens with zero attached hydrogens (tertiary/aromatic N) is 1. The Morgan fingerprint density at radius 1 is 1.10 bits per heavy atom. The van der Waals surface area contributed by atoms with Gasteiger partial charge in [0, 0.05) is 12.1 Å². The van der Waals surface area contributed by atoms with Gasteiger partial charge in [-0.25, -0.2) is 13.8 Å². The van der Waals surface area contributed by atoms with E-state index in [1.165, 1.54) is 11.8 Å². The number of hydrogen-bond acceptors (Lipinski definition) is 5. The lowest BCUT2D eigenvalue weighted by Crippen LogP contribution is -2.44. The molecule has 0 unspecified atom stereocenters. The molecule has 0 atom stereocenters. The zero-order valence-corrected chi connectivity index (χ0v) is 17.5. The summed E-state index contributed by atoms with van der Waals surface area (Å²) < 4.78 is 38.1. The van der Waals surface area contributed by atoms with Gasteiger partial charge in [0.25, 0.3) is 0 Å². The highest BCUT2D eigenvalue weighted by molar-refractivity contribution is 7.99. The van der Waals surface area contributed by atoms with Gasteiger partial charge in [-0.3, -0.25) is 4.79 Å². The Morgan fingerprint density at radius 2 is 1.84 bits per heavy atom. The van der Waals surface area contributed by atoms with Gasteiger partial charge in [0.05, 0.1) is 22.3 Å². The molecule has 6 nitrogen and oxygen atoms in total. The first-order valence-electron chi connectivity index (χ1n) is 10.2. The van der Waals surface area contributed by atoms with Crippen molar-refractivity contribution in [1.29, 1.82) is 0 Å². The number of amides is 1. The van der Waals surface area contributed by atoms with Crippen LogP contribution in [0.2, 0.25) is 0 Å². The monoisotopic (exact) mass is 445 g/mol. The summed E-state index contributed by atoms with van der Waals surface area (Å²) in [5, 5.41) is 3.66. The Balaban J connectivity index is 1.30. The average molecular weight is 445 g/mol. The lowest BCUT2D eigenvalue weighted by molar-refractivity contribution is -0.120. The maximum Gasteiger partial charge on any atom is 0.231 e. The summed E-state index contributed by atoms with van der Waals surface area (Å²) in [7, 11) is 0. The normalized spacial score (nSPS) is 17.1. The smallest absolute Gasteiger partial charge is 0.231 e. The van der Waals surface area contributed by atoms with E-state index in [0.29, 0.717) is 35.2 Å². The van der Waals surface area contributed by atoms with E-state index in [0.717, 1.165) is 49.1 Å². The van der Waals surface area contributed by atoms with E-state index in [9.17, 15) is 13.6 Å². The maximum absolute atomic E-state index is 13.4. The van der Waals surface area contributed by atoms with Crippen molar-refractivity contribution in [3.05, 3.63) is 47.5 Å². The number of carbonyl (C=O) groups excluding carboxylic acids is 1. The quantitative estimate of drug-likeness (QED) is 0.573. The zero-order valence-electron chi connectivity index (χ0n) is 16.7. The number of benzene rings is 2. The number of aromatic nitrogens is 2. The third-order valence-electron chi connectivity index (χ3n) is 5.77. The molecule has 2 N–H and O–H groups in total. The fraction of sp³-hybridized carbons (Fsp3) is 0.364. The molecule has 5 rings (SSSR count). The molecular formula is C22H21F2N3O3S. The third-order valence-corrected chi connectivity index (χ3v) is 6.65. The summed E-state index contributed by atoms with van der Waals surface area (Å²) in [6, 6.07) is 7.97. The van der Waals surface area contributed by atoms with Crippen LogP contribution in [-0.2, 0) is 10.3 Å². The Morgan fingerprint density at radius 3 is 2.65 bits per heavy atom. The van der Waals surface area contributed by atoms with Crippen LogP contribution in [0.15, 0.2) is 35.5 Å². The lowest BCUT2D eigenvalue weighted by atomic mass is 9.87. The van der Waals surface area contributed by atoms with Gasteiger partial charge in [0.2, 0.25) is 5.91 Å². The first kappa shape index (κ1) is 20.1. The van der Waals surface area contributed by atoms with Crippen LogP contribution in [0.4, 0.5) is 8.78 Å². The van der Waals surface area contributed by atoms with Crippen molar-refractivity contribution in [1.82, 2.24) is 15.3 Å². The number of H-pyrrole nitrogens is 1. The van der Waals surface area contributed by atoms with E-state index in [-0.39, 0.29) is 11.7 Å². The van der Waals surface area contributed by atoms with Crippen LogP contribution in [0.25, 0.3) is 11.0 Å². The second-order valence-electron chi connectivity index (χ2n) is 7.81. The predicted molar refractivity (Wildman–Crippen MR) is 112 cm³/mol. The van der Waals surface area contributed by atoms with E-state index in [4.69, 9.17) is 9.47 Å². The molecule has 2 heterocycles. The largest absolute Gasteiger partial charge is 0.486 e. The summed E-state index contributed by atoms with van der Waals surface area (Å²) in [4.78, 5) is 20.0. The fourth-order valence-electron chi connectivity index (χ4n) is 4.29. The van der Waals surface area contributed by atoms with Gasteiger partial charge in [-0.15, -0.1) is 0 Å². The molecule has 1 aromatic heterocycles. The van der Waals surface area contributed by atoms with Crippen LogP contribution in [0, 0.1) is 11.6 Å². The predicted octanol–water partition coefficient (Wildman–Crippen LogP) is 4.29. The molecule has 2 aliphatic rings. The van der Waals surface area contributed by atoms with Crippen molar-refractivity contribution in [3.63, 3.8) is 0 Å². The van der Waals surface area contributed by atoms with Crippen LogP contribution in [0.3, 0.4) is 0 Å². The molecule has 31 heavy (non-hydrogen) atoms. The second-order valence-corrected chi connectivity index (χ2v) is 8.77.